The number of amides is 1. The minimum Gasteiger partial charge on any atom is -0.364 e. The summed E-state index contributed by atoms with van der Waals surface area (Å²) in [4.78, 5) is 16.4. The zero-order valence-electron chi connectivity index (χ0n) is 13.5. The number of pyridine rings is 1. The van der Waals surface area contributed by atoms with Crippen LogP contribution in [0, 0.1) is 0 Å². The van der Waals surface area contributed by atoms with Gasteiger partial charge in [0.1, 0.15) is 19.1 Å². The van der Waals surface area contributed by atoms with Gasteiger partial charge in [-0.25, -0.2) is 4.98 Å². The van der Waals surface area contributed by atoms with Crippen molar-refractivity contribution in [2.45, 2.75) is 74.7 Å². The monoisotopic (exact) mass is 310 g/mol. The zero-order chi connectivity index (χ0) is 15.6. The Hall–Kier alpha value is -1.36. The third-order valence-corrected chi connectivity index (χ3v) is 6.77. The minimum atomic E-state index is -0.406. The zero-order valence-corrected chi connectivity index (χ0v) is 13.5. The fraction of sp³-hybridized carbons (Fsp3) is 0.667. The van der Waals surface area contributed by atoms with Crippen LogP contribution in [0.5, 0.6) is 0 Å². The first kappa shape index (κ1) is 14.0. The van der Waals surface area contributed by atoms with E-state index in [-0.39, 0.29) is 17.5 Å². The number of nitrogens with two attached hydrogens (primary N) is 1. The van der Waals surface area contributed by atoms with Gasteiger partial charge in [0, 0.05) is 5.56 Å². The lowest BCUT2D eigenvalue weighted by molar-refractivity contribution is 0.0697. The molecule has 23 heavy (non-hydrogen) atoms. The van der Waals surface area contributed by atoms with Crippen molar-refractivity contribution in [1.29, 1.82) is 0 Å². The van der Waals surface area contributed by atoms with Crippen LogP contribution in [0.15, 0.2) is 6.07 Å². The quantitative estimate of drug-likeness (QED) is 0.854. The Morgan fingerprint density at radius 1 is 1.22 bits per heavy atom. The van der Waals surface area contributed by atoms with Gasteiger partial charge in [-0.2, -0.15) is 0 Å². The van der Waals surface area contributed by atoms with Gasteiger partial charge >= 0.3 is 0 Å². The SMILES string of the molecule is NC(=O)c1cc(C23BC(CCC2)CCC3)c2c(n1)C1CCC2O1. The van der Waals surface area contributed by atoms with Crippen LogP contribution in [-0.2, 0) is 10.1 Å². The highest BCUT2D eigenvalue weighted by molar-refractivity contribution is 6.43. The number of hydrogen-bond donors (Lipinski definition) is 1. The molecule has 0 aromatic carbocycles. The van der Waals surface area contributed by atoms with Gasteiger partial charge < -0.3 is 10.5 Å². The van der Waals surface area contributed by atoms with Gasteiger partial charge in [0.15, 0.2) is 0 Å². The molecular weight excluding hydrogens is 287 g/mol. The summed E-state index contributed by atoms with van der Waals surface area (Å²) in [6, 6.07) is 2.03. The number of primary amides is 1. The van der Waals surface area contributed by atoms with Crippen LogP contribution in [0.25, 0.3) is 0 Å². The van der Waals surface area contributed by atoms with E-state index in [4.69, 9.17) is 10.5 Å². The molecule has 2 unspecified atom stereocenters. The molecule has 4 aliphatic rings. The lowest BCUT2D eigenvalue weighted by Gasteiger charge is -2.46. The van der Waals surface area contributed by atoms with Crippen LogP contribution in [0.2, 0.25) is 5.82 Å². The summed E-state index contributed by atoms with van der Waals surface area (Å²) in [5, 5.41) is 0.242. The van der Waals surface area contributed by atoms with Gasteiger partial charge in [-0.1, -0.05) is 44.3 Å². The van der Waals surface area contributed by atoms with Gasteiger partial charge in [0.2, 0.25) is 0 Å². The summed E-state index contributed by atoms with van der Waals surface area (Å²) >= 11 is 0. The Kier molecular flexibility index (Phi) is 2.94. The summed E-state index contributed by atoms with van der Waals surface area (Å²) in [7, 11) is 1.28. The second-order valence-electron chi connectivity index (χ2n) is 8.04. The average Bonchev–Trinajstić information content (AvgIpc) is 3.16. The highest BCUT2D eigenvalue weighted by atomic mass is 16.5. The van der Waals surface area contributed by atoms with E-state index in [1.54, 1.807) is 0 Å². The Bertz CT molecular complexity index is 680. The first-order chi connectivity index (χ1) is 11.2. The van der Waals surface area contributed by atoms with E-state index in [1.807, 2.05) is 6.07 Å². The lowest BCUT2D eigenvalue weighted by Crippen LogP contribution is -2.43. The summed E-state index contributed by atoms with van der Waals surface area (Å²) in [5.41, 5.74) is 9.75. The third kappa shape index (κ3) is 1.95. The van der Waals surface area contributed by atoms with Crippen molar-refractivity contribution < 1.29 is 9.53 Å². The minimum absolute atomic E-state index is 0.0902. The Balaban J connectivity index is 1.70. The summed E-state index contributed by atoms with van der Waals surface area (Å²) in [6.45, 7) is 0. The molecule has 0 saturated carbocycles. The molecule has 5 rings (SSSR count). The predicted octanol–water partition coefficient (Wildman–Crippen LogP) is 2.87. The molecule has 1 amide bonds. The molecule has 5 heterocycles. The first-order valence-corrected chi connectivity index (χ1v) is 9.17. The van der Waals surface area contributed by atoms with Gasteiger partial charge in [-0.05, 0) is 29.8 Å². The molecule has 120 valence electrons. The van der Waals surface area contributed by atoms with Crippen molar-refractivity contribution in [1.82, 2.24) is 4.98 Å². The molecule has 1 aromatic rings. The van der Waals surface area contributed by atoms with E-state index in [2.05, 4.69) is 4.98 Å². The molecule has 1 aromatic heterocycles. The van der Waals surface area contributed by atoms with E-state index in [1.165, 1.54) is 56.9 Å². The number of rotatable bonds is 2. The maximum absolute atomic E-state index is 11.8. The molecule has 4 aliphatic heterocycles. The Morgan fingerprint density at radius 3 is 2.70 bits per heavy atom. The number of fused-ring (bicyclic) bond motifs is 7. The van der Waals surface area contributed by atoms with Crippen LogP contribution in [0.3, 0.4) is 0 Å². The van der Waals surface area contributed by atoms with E-state index in [0.29, 0.717) is 5.69 Å². The predicted molar refractivity (Wildman–Crippen MR) is 88.8 cm³/mol. The summed E-state index contributed by atoms with van der Waals surface area (Å²) < 4.78 is 6.13. The lowest BCUT2D eigenvalue weighted by atomic mass is 9.34. The largest absolute Gasteiger partial charge is 0.364 e. The molecule has 4 nitrogen and oxygen atoms in total. The van der Waals surface area contributed by atoms with E-state index < -0.39 is 5.91 Å². The smallest absolute Gasteiger partial charge is 0.267 e. The second kappa shape index (κ2) is 4.82. The van der Waals surface area contributed by atoms with Crippen molar-refractivity contribution in [3.05, 3.63) is 28.6 Å². The van der Waals surface area contributed by atoms with Crippen molar-refractivity contribution in [2.75, 3.05) is 0 Å². The molecule has 3 fully saturated rings. The van der Waals surface area contributed by atoms with Crippen LogP contribution >= 0.6 is 0 Å². The van der Waals surface area contributed by atoms with E-state index >= 15 is 0 Å². The molecule has 2 atom stereocenters. The molecular formula is C18H23BN2O2. The maximum atomic E-state index is 11.8. The van der Waals surface area contributed by atoms with Crippen LogP contribution in [-0.4, -0.2) is 18.2 Å². The highest BCUT2D eigenvalue weighted by Crippen LogP contribution is 2.56. The molecule has 0 radical (unpaired) electrons. The van der Waals surface area contributed by atoms with E-state index in [9.17, 15) is 4.79 Å². The second-order valence-corrected chi connectivity index (χ2v) is 8.04. The first-order valence-electron chi connectivity index (χ1n) is 9.17. The van der Waals surface area contributed by atoms with Crippen LogP contribution in [0.1, 0.15) is 90.9 Å². The highest BCUT2D eigenvalue weighted by Gasteiger charge is 2.48. The van der Waals surface area contributed by atoms with Crippen LogP contribution in [0.4, 0.5) is 0 Å². The number of ether oxygens (including phenoxy) is 1. The fourth-order valence-corrected chi connectivity index (χ4v) is 5.84. The molecule has 2 N–H and O–H groups in total. The Morgan fingerprint density at radius 2 is 1.96 bits per heavy atom. The summed E-state index contributed by atoms with van der Waals surface area (Å²) in [5.74, 6) is 0.453. The normalized spacial score (nSPS) is 37.3. The topological polar surface area (TPSA) is 65.2 Å². The van der Waals surface area contributed by atoms with Crippen molar-refractivity contribution in [3.63, 3.8) is 0 Å². The number of aromatic nitrogens is 1. The number of hydrogen-bond acceptors (Lipinski definition) is 3. The average molecular weight is 310 g/mol. The maximum Gasteiger partial charge on any atom is 0.267 e. The van der Waals surface area contributed by atoms with Gasteiger partial charge in [-0.15, -0.1) is 0 Å². The van der Waals surface area contributed by atoms with Crippen molar-refractivity contribution in [3.8, 4) is 0 Å². The standard InChI is InChI=1S/C18H23BN2O2/c20-17(22)12-9-11(15-13-5-6-14(23-13)16(15)21-12)18-7-1-3-10(19-18)4-2-8-18/h9-10,13-14,19H,1-8H2,(H2,20,22). The van der Waals surface area contributed by atoms with Crippen LogP contribution < -0.4 is 5.73 Å². The summed E-state index contributed by atoms with van der Waals surface area (Å²) in [6.07, 6.45) is 10.3. The molecule has 5 heteroatoms. The molecule has 0 spiro atoms. The molecule has 4 bridgehead atoms. The van der Waals surface area contributed by atoms with Crippen molar-refractivity contribution >= 4 is 13.2 Å². The van der Waals surface area contributed by atoms with Gasteiger partial charge in [-0.3, -0.25) is 4.79 Å². The number of nitrogens with zero attached hydrogens (tertiary/aromatic N) is 1. The van der Waals surface area contributed by atoms with E-state index in [0.717, 1.165) is 24.4 Å². The fourth-order valence-electron chi connectivity index (χ4n) is 5.84. The van der Waals surface area contributed by atoms with Crippen molar-refractivity contribution in [2.24, 2.45) is 5.73 Å². The third-order valence-electron chi connectivity index (χ3n) is 6.77. The number of carbonyl (C=O) groups is 1. The molecule has 0 aliphatic carbocycles. The Labute approximate surface area is 137 Å². The molecule has 3 saturated heterocycles. The van der Waals surface area contributed by atoms with Gasteiger partial charge in [0.05, 0.1) is 11.8 Å². The van der Waals surface area contributed by atoms with Gasteiger partial charge in [0.25, 0.3) is 5.91 Å². The number of carbonyl (C=O) groups excluding carboxylic acids is 1.